The summed E-state index contributed by atoms with van der Waals surface area (Å²) in [6.07, 6.45) is 0.731. The lowest BCUT2D eigenvalue weighted by atomic mass is 10.3. The quantitative estimate of drug-likeness (QED) is 0.579. The Morgan fingerprint density at radius 2 is 2.14 bits per heavy atom. The van der Waals surface area contributed by atoms with Crippen LogP contribution in [-0.2, 0) is 19.0 Å². The third-order valence-corrected chi connectivity index (χ3v) is 3.05. The number of urea groups is 1. The van der Waals surface area contributed by atoms with Crippen LogP contribution in [0.2, 0.25) is 0 Å². The number of unbranched alkanes of at least 4 members (excludes halogenated alkanes) is 1. The normalized spacial score (nSPS) is 18.5. The molecule has 1 heterocycles. The number of hydrogen-bond donors (Lipinski definition) is 2. The molecule has 8 heteroatoms. The summed E-state index contributed by atoms with van der Waals surface area (Å²) in [5.41, 5.74) is 0. The molecule has 1 unspecified atom stereocenters. The number of methoxy groups -OCH3 is 1. The maximum atomic E-state index is 11.9. The van der Waals surface area contributed by atoms with Gasteiger partial charge in [0.2, 0.25) is 0 Å². The number of carboxylic acid groups (broad SMARTS) is 1. The molecule has 0 saturated carbocycles. The fraction of sp³-hybridized carbons (Fsp3) is 0.846. The van der Waals surface area contributed by atoms with E-state index in [9.17, 15) is 9.59 Å². The van der Waals surface area contributed by atoms with Crippen LogP contribution in [-0.4, -0.2) is 81.3 Å². The highest BCUT2D eigenvalue weighted by Crippen LogP contribution is 2.05. The van der Waals surface area contributed by atoms with Gasteiger partial charge in [0.25, 0.3) is 0 Å². The van der Waals surface area contributed by atoms with Crippen molar-refractivity contribution in [2.75, 3.05) is 53.2 Å². The van der Waals surface area contributed by atoms with Crippen LogP contribution in [0.15, 0.2) is 0 Å². The predicted molar refractivity (Wildman–Crippen MR) is 74.3 cm³/mol. The minimum absolute atomic E-state index is 0.0846. The second-order valence-corrected chi connectivity index (χ2v) is 4.69. The van der Waals surface area contributed by atoms with Crippen molar-refractivity contribution in [1.82, 2.24) is 10.2 Å². The van der Waals surface area contributed by atoms with Gasteiger partial charge in [-0.1, -0.05) is 0 Å². The van der Waals surface area contributed by atoms with Gasteiger partial charge < -0.3 is 29.5 Å². The minimum Gasteiger partial charge on any atom is -0.479 e. The average Bonchev–Trinajstić information content (AvgIpc) is 2.49. The average molecular weight is 304 g/mol. The monoisotopic (exact) mass is 304 g/mol. The van der Waals surface area contributed by atoms with Crippen LogP contribution < -0.4 is 5.32 Å². The summed E-state index contributed by atoms with van der Waals surface area (Å²) >= 11 is 0. The van der Waals surface area contributed by atoms with E-state index < -0.39 is 12.1 Å². The predicted octanol–water partition coefficient (Wildman–Crippen LogP) is -0.0754. The molecule has 0 aliphatic carbocycles. The highest BCUT2D eigenvalue weighted by Gasteiger charge is 2.28. The van der Waals surface area contributed by atoms with Gasteiger partial charge in [-0.25, -0.2) is 9.59 Å². The van der Waals surface area contributed by atoms with E-state index in [-0.39, 0.29) is 19.2 Å². The molecule has 2 amide bonds. The molecule has 0 aromatic rings. The van der Waals surface area contributed by atoms with Gasteiger partial charge in [0.1, 0.15) is 0 Å². The summed E-state index contributed by atoms with van der Waals surface area (Å²) in [7, 11) is 1.62. The topological polar surface area (TPSA) is 97.3 Å². The summed E-state index contributed by atoms with van der Waals surface area (Å²) in [4.78, 5) is 24.2. The highest BCUT2D eigenvalue weighted by atomic mass is 16.5. The van der Waals surface area contributed by atoms with Crippen molar-refractivity contribution >= 4 is 12.0 Å². The number of carbonyl (C=O) groups is 2. The number of rotatable bonds is 9. The molecule has 1 saturated heterocycles. The molecule has 21 heavy (non-hydrogen) atoms. The molecule has 1 rings (SSSR count). The fourth-order valence-electron chi connectivity index (χ4n) is 1.86. The standard InChI is InChI=1S/C13H24N2O6/c1-19-8-9-20-6-3-2-4-14-13(18)15-5-7-21-11(10-15)12(16)17/h11H,2-10H2,1H3,(H,14,18)(H,16,17). The lowest BCUT2D eigenvalue weighted by Crippen LogP contribution is -2.51. The first-order valence-electron chi connectivity index (χ1n) is 7.09. The van der Waals surface area contributed by atoms with Gasteiger partial charge in [0.15, 0.2) is 6.10 Å². The Hall–Kier alpha value is -1.38. The molecule has 122 valence electrons. The van der Waals surface area contributed by atoms with E-state index in [0.29, 0.717) is 32.9 Å². The summed E-state index contributed by atoms with van der Waals surface area (Å²) < 4.78 is 15.2. The number of nitrogens with one attached hydrogen (secondary N) is 1. The van der Waals surface area contributed by atoms with Crippen LogP contribution in [0.5, 0.6) is 0 Å². The van der Waals surface area contributed by atoms with E-state index in [2.05, 4.69) is 5.32 Å². The van der Waals surface area contributed by atoms with Crippen LogP contribution in [0.25, 0.3) is 0 Å². The van der Waals surface area contributed by atoms with Crippen molar-refractivity contribution in [3.05, 3.63) is 0 Å². The van der Waals surface area contributed by atoms with Gasteiger partial charge in [-0.3, -0.25) is 0 Å². The fourth-order valence-corrected chi connectivity index (χ4v) is 1.86. The Kier molecular flexibility index (Phi) is 8.72. The molecule has 0 aromatic carbocycles. The van der Waals surface area contributed by atoms with Crippen LogP contribution >= 0.6 is 0 Å². The summed E-state index contributed by atoms with van der Waals surface area (Å²) in [6, 6.07) is -0.246. The van der Waals surface area contributed by atoms with Crippen molar-refractivity contribution in [3.63, 3.8) is 0 Å². The molecular weight excluding hydrogens is 280 g/mol. The lowest BCUT2D eigenvalue weighted by Gasteiger charge is -2.30. The largest absolute Gasteiger partial charge is 0.479 e. The van der Waals surface area contributed by atoms with Crippen molar-refractivity contribution < 1.29 is 28.9 Å². The molecule has 8 nitrogen and oxygen atoms in total. The Morgan fingerprint density at radius 3 is 2.86 bits per heavy atom. The number of ether oxygens (including phenoxy) is 3. The van der Waals surface area contributed by atoms with E-state index in [1.165, 1.54) is 4.90 Å². The van der Waals surface area contributed by atoms with Gasteiger partial charge in [-0.2, -0.15) is 0 Å². The molecule has 0 bridgehead atoms. The molecule has 0 aromatic heterocycles. The highest BCUT2D eigenvalue weighted by molar-refractivity contribution is 5.77. The maximum Gasteiger partial charge on any atom is 0.334 e. The van der Waals surface area contributed by atoms with Crippen LogP contribution in [0.1, 0.15) is 12.8 Å². The minimum atomic E-state index is -1.04. The maximum absolute atomic E-state index is 11.9. The van der Waals surface area contributed by atoms with Gasteiger partial charge >= 0.3 is 12.0 Å². The van der Waals surface area contributed by atoms with Gasteiger partial charge in [-0.05, 0) is 12.8 Å². The Labute approximate surface area is 124 Å². The van der Waals surface area contributed by atoms with E-state index >= 15 is 0 Å². The molecule has 0 spiro atoms. The van der Waals surface area contributed by atoms with E-state index in [4.69, 9.17) is 19.3 Å². The third kappa shape index (κ3) is 7.26. The zero-order valence-electron chi connectivity index (χ0n) is 12.4. The van der Waals surface area contributed by atoms with Crippen LogP contribution in [0.4, 0.5) is 4.79 Å². The first-order valence-corrected chi connectivity index (χ1v) is 7.09. The van der Waals surface area contributed by atoms with Gasteiger partial charge in [0, 0.05) is 26.8 Å². The Bertz CT molecular complexity index is 326. The molecule has 1 fully saturated rings. The smallest absolute Gasteiger partial charge is 0.334 e. The molecule has 1 aliphatic heterocycles. The second kappa shape index (κ2) is 10.4. The van der Waals surface area contributed by atoms with E-state index in [1.807, 2.05) is 0 Å². The number of nitrogens with zero attached hydrogens (tertiary/aromatic N) is 1. The SMILES string of the molecule is COCCOCCCCNC(=O)N1CCOC(C(=O)O)C1. The summed E-state index contributed by atoms with van der Waals surface area (Å²) in [6.45, 7) is 3.08. The number of morpholine rings is 1. The van der Waals surface area contributed by atoms with Crippen molar-refractivity contribution in [3.8, 4) is 0 Å². The molecule has 2 N–H and O–H groups in total. The van der Waals surface area contributed by atoms with E-state index in [1.54, 1.807) is 7.11 Å². The van der Waals surface area contributed by atoms with Gasteiger partial charge in [-0.15, -0.1) is 0 Å². The number of carbonyl (C=O) groups excluding carboxylic acids is 1. The number of aliphatic carboxylic acids is 1. The second-order valence-electron chi connectivity index (χ2n) is 4.69. The van der Waals surface area contributed by atoms with Gasteiger partial charge in [0.05, 0.1) is 26.4 Å². The van der Waals surface area contributed by atoms with E-state index in [0.717, 1.165) is 12.8 Å². The summed E-state index contributed by atoms with van der Waals surface area (Å²) in [5, 5.41) is 11.6. The molecule has 1 aliphatic rings. The first-order chi connectivity index (χ1) is 10.1. The van der Waals surface area contributed by atoms with Crippen molar-refractivity contribution in [2.45, 2.75) is 18.9 Å². The lowest BCUT2D eigenvalue weighted by molar-refractivity contribution is -0.154. The zero-order chi connectivity index (χ0) is 15.5. The third-order valence-electron chi connectivity index (χ3n) is 3.05. The number of hydrogen-bond acceptors (Lipinski definition) is 5. The molecular formula is C13H24N2O6. The van der Waals surface area contributed by atoms with Crippen molar-refractivity contribution in [1.29, 1.82) is 0 Å². The van der Waals surface area contributed by atoms with Crippen LogP contribution in [0, 0.1) is 0 Å². The van der Waals surface area contributed by atoms with Crippen molar-refractivity contribution in [2.24, 2.45) is 0 Å². The molecule has 0 radical (unpaired) electrons. The van der Waals surface area contributed by atoms with Crippen LogP contribution in [0.3, 0.4) is 0 Å². The first kappa shape index (κ1) is 17.7. The number of carboxylic acids is 1. The molecule has 1 atom stereocenters. The Balaban J connectivity index is 2.06. The number of amides is 2. The Morgan fingerprint density at radius 1 is 1.33 bits per heavy atom. The zero-order valence-corrected chi connectivity index (χ0v) is 12.4. The summed E-state index contributed by atoms with van der Waals surface area (Å²) in [5.74, 6) is -1.04.